The Morgan fingerprint density at radius 3 is 2.19 bits per heavy atom. The Labute approximate surface area is 187 Å². The number of nitrogens with one attached hydrogen (secondary N) is 1. The Kier molecular flexibility index (Phi) is 5.42. The topological polar surface area (TPSA) is 49.4 Å². The van der Waals surface area contributed by atoms with Crippen molar-refractivity contribution in [3.63, 3.8) is 0 Å². The number of carbonyl (C=O) groups excluding carboxylic acids is 2. The highest BCUT2D eigenvalue weighted by molar-refractivity contribution is 6.46. The minimum atomic E-state index is -0.400. The number of anilines is 2. The Balaban J connectivity index is 1.89. The zero-order valence-electron chi connectivity index (χ0n) is 17.9. The van der Waals surface area contributed by atoms with Crippen LogP contribution in [-0.4, -0.2) is 11.8 Å². The van der Waals surface area contributed by atoms with Crippen LogP contribution in [0.3, 0.4) is 0 Å². The van der Waals surface area contributed by atoms with Crippen molar-refractivity contribution in [2.24, 2.45) is 0 Å². The molecule has 1 heterocycles. The zero-order chi connectivity index (χ0) is 22.3. The number of imide groups is 1. The van der Waals surface area contributed by atoms with Gasteiger partial charge in [-0.05, 0) is 74.2 Å². The number of aryl methyl sites for hydroxylation is 4. The van der Waals surface area contributed by atoms with Gasteiger partial charge in [-0.3, -0.25) is 9.59 Å². The molecule has 1 N–H and O–H groups in total. The molecule has 0 aromatic heterocycles. The van der Waals surface area contributed by atoms with Gasteiger partial charge >= 0.3 is 0 Å². The molecule has 0 saturated carbocycles. The van der Waals surface area contributed by atoms with Crippen LogP contribution in [0.2, 0.25) is 5.02 Å². The molecule has 156 valence electrons. The van der Waals surface area contributed by atoms with Crippen molar-refractivity contribution in [1.82, 2.24) is 0 Å². The molecule has 3 aromatic carbocycles. The van der Waals surface area contributed by atoms with Gasteiger partial charge in [-0.25, -0.2) is 4.90 Å². The summed E-state index contributed by atoms with van der Waals surface area (Å²) in [5.41, 5.74) is 6.69. The molecule has 0 spiro atoms. The predicted octanol–water partition coefficient (Wildman–Crippen LogP) is 5.97. The summed E-state index contributed by atoms with van der Waals surface area (Å²) >= 11 is 6.14. The van der Waals surface area contributed by atoms with Crippen LogP contribution < -0.4 is 10.2 Å². The van der Waals surface area contributed by atoms with E-state index >= 15 is 0 Å². The van der Waals surface area contributed by atoms with Crippen LogP contribution in [0.4, 0.5) is 11.4 Å². The number of benzene rings is 3. The third-order valence-corrected chi connectivity index (χ3v) is 5.69. The second-order valence-electron chi connectivity index (χ2n) is 7.94. The molecule has 4 nitrogen and oxygen atoms in total. The molecule has 4 rings (SSSR count). The van der Waals surface area contributed by atoms with Crippen LogP contribution in [0, 0.1) is 27.7 Å². The second-order valence-corrected chi connectivity index (χ2v) is 8.37. The molecule has 0 saturated heterocycles. The summed E-state index contributed by atoms with van der Waals surface area (Å²) in [6.45, 7) is 7.91. The highest BCUT2D eigenvalue weighted by atomic mass is 35.5. The van der Waals surface area contributed by atoms with Crippen molar-refractivity contribution in [3.05, 3.63) is 99.2 Å². The van der Waals surface area contributed by atoms with E-state index in [1.54, 1.807) is 24.3 Å². The van der Waals surface area contributed by atoms with Crippen molar-refractivity contribution in [1.29, 1.82) is 0 Å². The highest BCUT2D eigenvalue weighted by Gasteiger charge is 2.41. The van der Waals surface area contributed by atoms with Gasteiger partial charge in [0.1, 0.15) is 5.70 Å². The number of hydrogen-bond acceptors (Lipinski definition) is 3. The SMILES string of the molecule is Cc1ccc(C2=C(Nc3cc(C)ccc3C)C(=O)N(c3cccc(Cl)c3)C2=O)c(C)c1. The summed E-state index contributed by atoms with van der Waals surface area (Å²) in [5.74, 6) is -0.768. The lowest BCUT2D eigenvalue weighted by Gasteiger charge is -2.16. The van der Waals surface area contributed by atoms with E-state index in [4.69, 9.17) is 11.6 Å². The van der Waals surface area contributed by atoms with Crippen molar-refractivity contribution in [2.45, 2.75) is 27.7 Å². The summed E-state index contributed by atoms with van der Waals surface area (Å²) in [5, 5.41) is 3.73. The van der Waals surface area contributed by atoms with E-state index in [9.17, 15) is 9.59 Å². The standard InChI is InChI=1S/C26H23ClN2O2/c1-15-9-11-21(18(4)12-15)23-24(28-22-13-16(2)8-10-17(22)3)26(31)29(25(23)30)20-7-5-6-19(27)14-20/h5-14,28H,1-4H3. The molecule has 5 heteroatoms. The number of hydrogen-bond donors (Lipinski definition) is 1. The summed E-state index contributed by atoms with van der Waals surface area (Å²) in [6, 6.07) is 18.6. The molecular formula is C26H23ClN2O2. The maximum Gasteiger partial charge on any atom is 0.282 e. The first-order chi connectivity index (χ1) is 14.8. The van der Waals surface area contributed by atoms with Crippen LogP contribution in [0.15, 0.2) is 66.4 Å². The Morgan fingerprint density at radius 2 is 1.48 bits per heavy atom. The van der Waals surface area contributed by atoms with E-state index in [0.29, 0.717) is 16.3 Å². The molecule has 0 fully saturated rings. The van der Waals surface area contributed by atoms with Crippen molar-refractivity contribution in [2.75, 3.05) is 10.2 Å². The Bertz CT molecular complexity index is 1260. The van der Waals surface area contributed by atoms with Crippen LogP contribution in [0.5, 0.6) is 0 Å². The number of amides is 2. The highest BCUT2D eigenvalue weighted by Crippen LogP contribution is 2.36. The maximum atomic E-state index is 13.6. The summed E-state index contributed by atoms with van der Waals surface area (Å²) in [7, 11) is 0. The number of nitrogens with zero attached hydrogens (tertiary/aromatic N) is 1. The minimum Gasteiger partial charge on any atom is -0.350 e. The maximum absolute atomic E-state index is 13.6. The molecular weight excluding hydrogens is 408 g/mol. The van der Waals surface area contributed by atoms with E-state index in [1.807, 2.05) is 64.1 Å². The fraction of sp³-hybridized carbons (Fsp3) is 0.154. The van der Waals surface area contributed by atoms with Gasteiger partial charge in [-0.2, -0.15) is 0 Å². The molecule has 0 bridgehead atoms. The van der Waals surface area contributed by atoms with Gasteiger partial charge in [0.05, 0.1) is 11.3 Å². The lowest BCUT2D eigenvalue weighted by Crippen LogP contribution is -2.32. The molecule has 31 heavy (non-hydrogen) atoms. The second kappa shape index (κ2) is 8.05. The fourth-order valence-electron chi connectivity index (χ4n) is 3.84. The van der Waals surface area contributed by atoms with Crippen LogP contribution in [-0.2, 0) is 9.59 Å². The largest absolute Gasteiger partial charge is 0.350 e. The van der Waals surface area contributed by atoms with Crippen LogP contribution >= 0.6 is 11.6 Å². The monoisotopic (exact) mass is 430 g/mol. The van der Waals surface area contributed by atoms with Crippen molar-refractivity contribution >= 4 is 40.4 Å². The van der Waals surface area contributed by atoms with E-state index in [0.717, 1.165) is 33.5 Å². The molecule has 0 radical (unpaired) electrons. The number of carbonyl (C=O) groups is 2. The van der Waals surface area contributed by atoms with E-state index < -0.39 is 5.91 Å². The van der Waals surface area contributed by atoms with Gasteiger partial charge in [0.25, 0.3) is 11.8 Å². The van der Waals surface area contributed by atoms with Gasteiger partial charge in [0.2, 0.25) is 0 Å². The predicted molar refractivity (Wildman–Crippen MR) is 126 cm³/mol. The average Bonchev–Trinajstić information content (AvgIpc) is 2.95. The van der Waals surface area contributed by atoms with Gasteiger partial charge in [0.15, 0.2) is 0 Å². The molecule has 0 unspecified atom stereocenters. The minimum absolute atomic E-state index is 0.269. The molecule has 0 atom stereocenters. The first-order valence-electron chi connectivity index (χ1n) is 10.1. The molecule has 3 aromatic rings. The fourth-order valence-corrected chi connectivity index (χ4v) is 4.03. The normalized spacial score (nSPS) is 13.9. The quantitative estimate of drug-likeness (QED) is 0.518. The lowest BCUT2D eigenvalue weighted by atomic mass is 9.97. The zero-order valence-corrected chi connectivity index (χ0v) is 18.7. The van der Waals surface area contributed by atoms with E-state index in [-0.39, 0.29) is 11.6 Å². The van der Waals surface area contributed by atoms with Crippen molar-refractivity contribution in [3.8, 4) is 0 Å². The summed E-state index contributed by atoms with van der Waals surface area (Å²) < 4.78 is 0. The van der Waals surface area contributed by atoms with Crippen molar-refractivity contribution < 1.29 is 9.59 Å². The smallest absolute Gasteiger partial charge is 0.282 e. The molecule has 1 aliphatic rings. The number of halogens is 1. The van der Waals surface area contributed by atoms with Gasteiger partial charge < -0.3 is 5.32 Å². The summed E-state index contributed by atoms with van der Waals surface area (Å²) in [4.78, 5) is 28.3. The third-order valence-electron chi connectivity index (χ3n) is 5.45. The average molecular weight is 431 g/mol. The molecule has 2 amide bonds. The first kappa shape index (κ1) is 20.9. The third kappa shape index (κ3) is 3.87. The molecule has 1 aliphatic heterocycles. The summed E-state index contributed by atoms with van der Waals surface area (Å²) in [6.07, 6.45) is 0. The van der Waals surface area contributed by atoms with Gasteiger partial charge in [0, 0.05) is 10.7 Å². The van der Waals surface area contributed by atoms with Gasteiger partial charge in [-0.1, -0.05) is 53.6 Å². The Hall–Kier alpha value is -3.37. The van der Waals surface area contributed by atoms with E-state index in [1.165, 1.54) is 4.90 Å². The van der Waals surface area contributed by atoms with Crippen LogP contribution in [0.25, 0.3) is 5.57 Å². The molecule has 0 aliphatic carbocycles. The first-order valence-corrected chi connectivity index (χ1v) is 10.4. The Morgan fingerprint density at radius 1 is 0.774 bits per heavy atom. The van der Waals surface area contributed by atoms with Crippen LogP contribution in [0.1, 0.15) is 27.8 Å². The lowest BCUT2D eigenvalue weighted by molar-refractivity contribution is -0.120. The number of rotatable bonds is 4. The van der Waals surface area contributed by atoms with Gasteiger partial charge in [-0.15, -0.1) is 0 Å². The van der Waals surface area contributed by atoms with E-state index in [2.05, 4.69) is 5.32 Å².